The summed E-state index contributed by atoms with van der Waals surface area (Å²) in [4.78, 5) is 0. The molecular formula is C19H27ClO. The van der Waals surface area contributed by atoms with Crippen molar-refractivity contribution in [1.29, 1.82) is 0 Å². The molecule has 1 saturated carbocycles. The lowest BCUT2D eigenvalue weighted by atomic mass is 9.65. The van der Waals surface area contributed by atoms with Crippen LogP contribution in [0.15, 0.2) is 18.2 Å². The molecule has 1 aliphatic carbocycles. The first kappa shape index (κ1) is 15.2. The molecule has 2 heteroatoms. The Morgan fingerprint density at radius 1 is 1.24 bits per heavy atom. The highest BCUT2D eigenvalue weighted by Crippen LogP contribution is 2.48. The lowest BCUT2D eigenvalue weighted by Crippen LogP contribution is -2.39. The van der Waals surface area contributed by atoms with Gasteiger partial charge in [0.2, 0.25) is 0 Å². The Balaban J connectivity index is 1.94. The first-order chi connectivity index (χ1) is 10.00. The first-order valence-corrected chi connectivity index (χ1v) is 8.83. The van der Waals surface area contributed by atoms with Crippen molar-refractivity contribution < 1.29 is 4.74 Å². The fraction of sp³-hybridized carbons (Fsp3) is 0.684. The van der Waals surface area contributed by atoms with Gasteiger partial charge in [-0.05, 0) is 48.5 Å². The molecule has 0 radical (unpaired) electrons. The van der Waals surface area contributed by atoms with E-state index in [1.54, 1.807) is 0 Å². The van der Waals surface area contributed by atoms with Gasteiger partial charge in [-0.2, -0.15) is 0 Å². The molecule has 0 saturated heterocycles. The van der Waals surface area contributed by atoms with Crippen LogP contribution in [0.2, 0.25) is 0 Å². The van der Waals surface area contributed by atoms with Gasteiger partial charge in [0.15, 0.2) is 0 Å². The van der Waals surface area contributed by atoms with E-state index in [9.17, 15) is 0 Å². The largest absolute Gasteiger partial charge is 0.493 e. The molecule has 0 amide bonds. The fourth-order valence-corrected chi connectivity index (χ4v) is 4.97. The van der Waals surface area contributed by atoms with Crippen molar-refractivity contribution in [2.45, 2.75) is 63.7 Å². The number of halogens is 1. The molecule has 1 aromatic carbocycles. The van der Waals surface area contributed by atoms with Gasteiger partial charge < -0.3 is 4.74 Å². The monoisotopic (exact) mass is 306 g/mol. The van der Waals surface area contributed by atoms with Gasteiger partial charge in [0.05, 0.1) is 6.61 Å². The molecule has 1 fully saturated rings. The van der Waals surface area contributed by atoms with Gasteiger partial charge in [0.1, 0.15) is 5.75 Å². The summed E-state index contributed by atoms with van der Waals surface area (Å²) in [6, 6.07) is 6.67. The Hall–Kier alpha value is -0.690. The second-order valence-corrected chi connectivity index (χ2v) is 8.07. The van der Waals surface area contributed by atoms with E-state index in [1.807, 2.05) is 0 Å². The lowest BCUT2D eigenvalue weighted by molar-refractivity contribution is 0.198. The number of benzene rings is 1. The van der Waals surface area contributed by atoms with Crippen LogP contribution in [0.4, 0.5) is 0 Å². The number of fused-ring (bicyclic) bond motifs is 1. The van der Waals surface area contributed by atoms with Crippen LogP contribution in [0.3, 0.4) is 0 Å². The maximum absolute atomic E-state index is 6.75. The molecule has 3 unspecified atom stereocenters. The summed E-state index contributed by atoms with van der Waals surface area (Å²) in [5.74, 6) is 2.45. The normalized spacial score (nSPS) is 29.6. The van der Waals surface area contributed by atoms with E-state index in [0.29, 0.717) is 5.92 Å². The summed E-state index contributed by atoms with van der Waals surface area (Å²) in [5, 5.41) is 0.281. The summed E-state index contributed by atoms with van der Waals surface area (Å²) in [7, 11) is 0. The van der Waals surface area contributed by atoms with E-state index in [2.05, 4.69) is 39.0 Å². The van der Waals surface area contributed by atoms with Gasteiger partial charge in [-0.3, -0.25) is 0 Å². The Morgan fingerprint density at radius 3 is 2.81 bits per heavy atom. The molecule has 0 aromatic heterocycles. The van der Waals surface area contributed by atoms with Crippen molar-refractivity contribution in [3.8, 4) is 5.75 Å². The molecule has 3 atom stereocenters. The van der Waals surface area contributed by atoms with E-state index in [0.717, 1.165) is 37.5 Å². The quantitative estimate of drug-likeness (QED) is 0.671. The van der Waals surface area contributed by atoms with Crippen LogP contribution < -0.4 is 4.74 Å². The van der Waals surface area contributed by atoms with E-state index in [1.165, 1.54) is 24.0 Å². The molecule has 1 nitrogen and oxygen atoms in total. The van der Waals surface area contributed by atoms with E-state index in [4.69, 9.17) is 16.3 Å². The van der Waals surface area contributed by atoms with Crippen molar-refractivity contribution in [1.82, 2.24) is 0 Å². The smallest absolute Gasteiger partial charge is 0.126 e. The maximum atomic E-state index is 6.75. The van der Waals surface area contributed by atoms with Gasteiger partial charge in [-0.15, -0.1) is 11.6 Å². The van der Waals surface area contributed by atoms with Crippen molar-refractivity contribution in [3.05, 3.63) is 29.3 Å². The van der Waals surface area contributed by atoms with Crippen LogP contribution in [0.5, 0.6) is 5.75 Å². The topological polar surface area (TPSA) is 9.23 Å². The lowest BCUT2D eigenvalue weighted by Gasteiger charge is -2.43. The minimum Gasteiger partial charge on any atom is -0.493 e. The molecule has 1 aromatic rings. The highest BCUT2D eigenvalue weighted by atomic mass is 35.5. The molecule has 3 rings (SSSR count). The third-order valence-electron chi connectivity index (χ3n) is 5.59. The molecule has 21 heavy (non-hydrogen) atoms. The first-order valence-electron chi connectivity index (χ1n) is 8.39. The number of alkyl halides is 1. The Labute approximate surface area is 134 Å². The Morgan fingerprint density at radius 2 is 2.05 bits per heavy atom. The zero-order valence-electron chi connectivity index (χ0n) is 13.5. The SMILES string of the molecule is CC1CCC(C(C)(C)c2cccc3c2OCCC3)C(Cl)C1. The summed E-state index contributed by atoms with van der Waals surface area (Å²) < 4.78 is 6.05. The van der Waals surface area contributed by atoms with Crippen LogP contribution in [0, 0.1) is 11.8 Å². The molecule has 2 aliphatic rings. The molecule has 0 bridgehead atoms. The number of hydrogen-bond donors (Lipinski definition) is 0. The van der Waals surface area contributed by atoms with Crippen LogP contribution in [0.1, 0.15) is 57.6 Å². The molecule has 1 heterocycles. The highest BCUT2D eigenvalue weighted by Gasteiger charge is 2.41. The zero-order chi connectivity index (χ0) is 15.0. The summed E-state index contributed by atoms with van der Waals surface area (Å²) in [6.45, 7) is 7.89. The highest BCUT2D eigenvalue weighted by molar-refractivity contribution is 6.20. The second kappa shape index (κ2) is 5.83. The Bertz CT molecular complexity index is 508. The molecule has 116 valence electrons. The van der Waals surface area contributed by atoms with Gasteiger partial charge in [-0.1, -0.05) is 45.4 Å². The predicted octanol–water partition coefficient (Wildman–Crippen LogP) is 5.33. The second-order valence-electron chi connectivity index (χ2n) is 7.51. The number of aryl methyl sites for hydroxylation is 1. The molecule has 0 N–H and O–H groups in total. The minimum atomic E-state index is 0.0786. The third-order valence-corrected chi connectivity index (χ3v) is 6.07. The van der Waals surface area contributed by atoms with Gasteiger partial charge >= 0.3 is 0 Å². The van der Waals surface area contributed by atoms with Gasteiger partial charge in [0.25, 0.3) is 0 Å². The van der Waals surface area contributed by atoms with Crippen molar-refractivity contribution in [2.24, 2.45) is 11.8 Å². The standard InChI is InChI=1S/C19H27ClO/c1-13-9-10-15(17(20)12-13)19(2,3)16-8-4-6-14-7-5-11-21-18(14)16/h4,6,8,13,15,17H,5,7,9-12H2,1-3H3. The van der Waals surface area contributed by atoms with Crippen molar-refractivity contribution in [3.63, 3.8) is 0 Å². The van der Waals surface area contributed by atoms with Crippen LogP contribution >= 0.6 is 11.6 Å². The van der Waals surface area contributed by atoms with E-state index >= 15 is 0 Å². The van der Waals surface area contributed by atoms with E-state index < -0.39 is 0 Å². The number of ether oxygens (including phenoxy) is 1. The predicted molar refractivity (Wildman–Crippen MR) is 89.4 cm³/mol. The van der Waals surface area contributed by atoms with Crippen LogP contribution in [0.25, 0.3) is 0 Å². The molecule has 0 spiro atoms. The van der Waals surface area contributed by atoms with Crippen molar-refractivity contribution >= 4 is 11.6 Å². The summed E-state index contributed by atoms with van der Waals surface area (Å²) in [5.41, 5.74) is 2.82. The zero-order valence-corrected chi connectivity index (χ0v) is 14.2. The maximum Gasteiger partial charge on any atom is 0.126 e. The number of hydrogen-bond acceptors (Lipinski definition) is 1. The van der Waals surface area contributed by atoms with Gasteiger partial charge in [-0.25, -0.2) is 0 Å². The van der Waals surface area contributed by atoms with Crippen LogP contribution in [-0.4, -0.2) is 12.0 Å². The average molecular weight is 307 g/mol. The van der Waals surface area contributed by atoms with Crippen molar-refractivity contribution in [2.75, 3.05) is 6.61 Å². The Kier molecular flexibility index (Phi) is 4.23. The van der Waals surface area contributed by atoms with Crippen LogP contribution in [-0.2, 0) is 11.8 Å². The third kappa shape index (κ3) is 2.82. The average Bonchev–Trinajstić information content (AvgIpc) is 2.46. The molecule has 1 aliphatic heterocycles. The fourth-order valence-electron chi connectivity index (χ4n) is 4.22. The summed E-state index contributed by atoms with van der Waals surface area (Å²) >= 11 is 6.75. The summed E-state index contributed by atoms with van der Waals surface area (Å²) in [6.07, 6.45) is 5.95. The molecular weight excluding hydrogens is 280 g/mol. The van der Waals surface area contributed by atoms with E-state index in [-0.39, 0.29) is 10.8 Å². The number of para-hydroxylation sites is 1. The number of rotatable bonds is 2. The van der Waals surface area contributed by atoms with Gasteiger partial charge in [0, 0.05) is 10.9 Å². The minimum absolute atomic E-state index is 0.0786.